The second-order valence-electron chi connectivity index (χ2n) is 5.12. The van der Waals surface area contributed by atoms with Crippen molar-refractivity contribution in [3.8, 4) is 17.0 Å². The summed E-state index contributed by atoms with van der Waals surface area (Å²) < 4.78 is 9.03. The molecule has 0 bridgehead atoms. The Kier molecular flexibility index (Phi) is 5.27. The van der Waals surface area contributed by atoms with Gasteiger partial charge in [0.25, 0.3) is 5.91 Å². The van der Waals surface area contributed by atoms with Gasteiger partial charge in [-0.05, 0) is 48.1 Å². The molecule has 112 valence electrons. The molecule has 0 atom stereocenters. The molecule has 1 aromatic carbocycles. The highest BCUT2D eigenvalue weighted by molar-refractivity contribution is 7.08. The number of rotatable bonds is 6. The van der Waals surface area contributed by atoms with Gasteiger partial charge in [-0.3, -0.25) is 4.79 Å². The Labute approximate surface area is 128 Å². The second-order valence-corrected chi connectivity index (χ2v) is 5.87. The maximum Gasteiger partial charge on any atom is 0.265 e. The van der Waals surface area contributed by atoms with E-state index in [0.717, 1.165) is 29.3 Å². The van der Waals surface area contributed by atoms with Gasteiger partial charge in [-0.15, -0.1) is 5.10 Å². The zero-order chi connectivity index (χ0) is 15.2. The predicted octanol–water partition coefficient (Wildman–Crippen LogP) is 2.99. The summed E-state index contributed by atoms with van der Waals surface area (Å²) in [5, 5.41) is 6.99. The van der Waals surface area contributed by atoms with Crippen LogP contribution in [0.25, 0.3) is 11.3 Å². The number of hydrogen-bond donors (Lipinski definition) is 1. The van der Waals surface area contributed by atoms with Crippen LogP contribution in [0.3, 0.4) is 0 Å². The number of hydrogen-bond acceptors (Lipinski definition) is 5. The number of nitrogens with one attached hydrogen (secondary N) is 1. The van der Waals surface area contributed by atoms with E-state index in [1.54, 1.807) is 7.11 Å². The van der Waals surface area contributed by atoms with Crippen molar-refractivity contribution in [1.82, 2.24) is 14.9 Å². The van der Waals surface area contributed by atoms with E-state index in [1.165, 1.54) is 0 Å². The molecule has 5 nitrogen and oxygen atoms in total. The number of carbonyl (C=O) groups excluding carboxylic acids is 1. The van der Waals surface area contributed by atoms with E-state index in [9.17, 15) is 4.79 Å². The van der Waals surface area contributed by atoms with E-state index in [-0.39, 0.29) is 5.91 Å². The van der Waals surface area contributed by atoms with Crippen LogP contribution in [-0.2, 0) is 0 Å². The molecule has 6 heteroatoms. The predicted molar refractivity (Wildman–Crippen MR) is 83.7 cm³/mol. The fraction of sp³-hybridized carbons (Fsp3) is 0.400. The van der Waals surface area contributed by atoms with Crippen molar-refractivity contribution in [3.05, 3.63) is 29.1 Å². The number of aromatic nitrogens is 2. The van der Waals surface area contributed by atoms with Crippen molar-refractivity contribution in [2.24, 2.45) is 5.92 Å². The lowest BCUT2D eigenvalue weighted by Gasteiger charge is -2.07. The van der Waals surface area contributed by atoms with Gasteiger partial charge in [-0.1, -0.05) is 18.3 Å². The Hall–Kier alpha value is -1.95. The van der Waals surface area contributed by atoms with E-state index in [1.807, 2.05) is 24.3 Å². The lowest BCUT2D eigenvalue weighted by Crippen LogP contribution is -2.25. The lowest BCUT2D eigenvalue weighted by molar-refractivity contribution is 0.0956. The minimum atomic E-state index is -0.114. The molecule has 21 heavy (non-hydrogen) atoms. The quantitative estimate of drug-likeness (QED) is 0.891. The van der Waals surface area contributed by atoms with E-state index in [0.29, 0.717) is 23.0 Å². The molecule has 0 aliphatic rings. The maximum absolute atomic E-state index is 12.2. The first-order valence-corrected chi connectivity index (χ1v) is 7.64. The fourth-order valence-electron chi connectivity index (χ4n) is 1.83. The summed E-state index contributed by atoms with van der Waals surface area (Å²) in [4.78, 5) is 12.7. The SMILES string of the molecule is COc1ccc(-c2nnsc2C(=O)NCCC(C)C)cc1. The van der Waals surface area contributed by atoms with Crippen molar-refractivity contribution in [1.29, 1.82) is 0 Å². The van der Waals surface area contributed by atoms with E-state index in [2.05, 4.69) is 28.8 Å². The van der Waals surface area contributed by atoms with Crippen LogP contribution in [0.4, 0.5) is 0 Å². The summed E-state index contributed by atoms with van der Waals surface area (Å²) in [5.74, 6) is 1.22. The summed E-state index contributed by atoms with van der Waals surface area (Å²) in [5.41, 5.74) is 1.48. The summed E-state index contributed by atoms with van der Waals surface area (Å²) in [6, 6.07) is 7.44. The summed E-state index contributed by atoms with van der Waals surface area (Å²) >= 11 is 1.12. The molecular weight excluding hydrogens is 286 g/mol. The molecule has 2 aromatic rings. The van der Waals surface area contributed by atoms with Crippen LogP contribution >= 0.6 is 11.5 Å². The summed E-state index contributed by atoms with van der Waals surface area (Å²) in [6.07, 6.45) is 0.954. The molecule has 1 heterocycles. The minimum absolute atomic E-state index is 0.114. The number of amides is 1. The van der Waals surface area contributed by atoms with Crippen LogP contribution in [-0.4, -0.2) is 29.1 Å². The van der Waals surface area contributed by atoms with E-state index < -0.39 is 0 Å². The largest absolute Gasteiger partial charge is 0.497 e. The highest BCUT2D eigenvalue weighted by atomic mass is 32.1. The molecule has 0 unspecified atom stereocenters. The van der Waals surface area contributed by atoms with Crippen molar-refractivity contribution < 1.29 is 9.53 Å². The van der Waals surface area contributed by atoms with Crippen LogP contribution in [0.1, 0.15) is 29.9 Å². The smallest absolute Gasteiger partial charge is 0.265 e. The first kappa shape index (κ1) is 15.4. The molecule has 1 N–H and O–H groups in total. The summed E-state index contributed by atoms with van der Waals surface area (Å²) in [6.45, 7) is 4.92. The molecular formula is C15H19N3O2S. The van der Waals surface area contributed by atoms with Gasteiger partial charge >= 0.3 is 0 Å². The summed E-state index contributed by atoms with van der Waals surface area (Å²) in [7, 11) is 1.62. The fourth-order valence-corrected chi connectivity index (χ4v) is 2.44. The first-order chi connectivity index (χ1) is 10.1. The Balaban J connectivity index is 2.11. The average Bonchev–Trinajstić information content (AvgIpc) is 2.96. The molecule has 0 aliphatic heterocycles. The first-order valence-electron chi connectivity index (χ1n) is 6.86. The Bertz CT molecular complexity index is 593. The Morgan fingerprint density at radius 1 is 1.33 bits per heavy atom. The third kappa shape index (κ3) is 4.01. The topological polar surface area (TPSA) is 64.1 Å². The van der Waals surface area contributed by atoms with Crippen molar-refractivity contribution in [2.45, 2.75) is 20.3 Å². The van der Waals surface area contributed by atoms with Crippen LogP contribution in [0.15, 0.2) is 24.3 Å². The highest BCUT2D eigenvalue weighted by Gasteiger charge is 2.17. The van der Waals surface area contributed by atoms with Gasteiger partial charge < -0.3 is 10.1 Å². The Morgan fingerprint density at radius 3 is 2.67 bits per heavy atom. The number of carbonyl (C=O) groups is 1. The van der Waals surface area contributed by atoms with Gasteiger partial charge in [-0.25, -0.2) is 0 Å². The highest BCUT2D eigenvalue weighted by Crippen LogP contribution is 2.25. The second kappa shape index (κ2) is 7.17. The number of methoxy groups -OCH3 is 1. The van der Waals surface area contributed by atoms with Crippen LogP contribution in [0, 0.1) is 5.92 Å². The third-order valence-electron chi connectivity index (χ3n) is 3.06. The van der Waals surface area contributed by atoms with Gasteiger partial charge in [0.15, 0.2) is 0 Å². The molecule has 0 spiro atoms. The normalized spacial score (nSPS) is 10.7. The Morgan fingerprint density at radius 2 is 2.05 bits per heavy atom. The number of benzene rings is 1. The molecule has 1 aromatic heterocycles. The van der Waals surface area contributed by atoms with Gasteiger partial charge in [0.1, 0.15) is 16.3 Å². The van der Waals surface area contributed by atoms with Crippen molar-refractivity contribution >= 4 is 17.4 Å². The van der Waals surface area contributed by atoms with Gasteiger partial charge in [0.2, 0.25) is 0 Å². The standard InChI is InChI=1S/C15H19N3O2S/c1-10(2)8-9-16-15(19)14-13(17-18-21-14)11-4-6-12(20-3)7-5-11/h4-7,10H,8-9H2,1-3H3,(H,16,19). The van der Waals surface area contributed by atoms with Crippen LogP contribution in [0.5, 0.6) is 5.75 Å². The average molecular weight is 305 g/mol. The number of ether oxygens (including phenoxy) is 1. The third-order valence-corrected chi connectivity index (χ3v) is 3.79. The van der Waals surface area contributed by atoms with E-state index in [4.69, 9.17) is 4.74 Å². The van der Waals surface area contributed by atoms with Gasteiger partial charge in [0, 0.05) is 12.1 Å². The molecule has 0 saturated heterocycles. The monoisotopic (exact) mass is 305 g/mol. The molecule has 2 rings (SSSR count). The number of nitrogens with zero attached hydrogens (tertiary/aromatic N) is 2. The maximum atomic E-state index is 12.2. The zero-order valence-electron chi connectivity index (χ0n) is 12.4. The molecule has 0 fully saturated rings. The van der Waals surface area contributed by atoms with Gasteiger partial charge in [-0.2, -0.15) is 0 Å². The van der Waals surface area contributed by atoms with Crippen molar-refractivity contribution in [3.63, 3.8) is 0 Å². The molecule has 0 saturated carbocycles. The molecule has 0 aliphatic carbocycles. The van der Waals surface area contributed by atoms with Gasteiger partial charge in [0.05, 0.1) is 7.11 Å². The van der Waals surface area contributed by atoms with Crippen LogP contribution in [0.2, 0.25) is 0 Å². The zero-order valence-corrected chi connectivity index (χ0v) is 13.2. The van der Waals surface area contributed by atoms with Crippen molar-refractivity contribution in [2.75, 3.05) is 13.7 Å². The van der Waals surface area contributed by atoms with Crippen LogP contribution < -0.4 is 10.1 Å². The molecule has 1 amide bonds. The molecule has 0 radical (unpaired) electrons. The lowest BCUT2D eigenvalue weighted by atomic mass is 10.1. The minimum Gasteiger partial charge on any atom is -0.497 e. The van der Waals surface area contributed by atoms with E-state index >= 15 is 0 Å².